The first-order valence-corrected chi connectivity index (χ1v) is 7.62. The Bertz CT molecular complexity index is 528. The molecule has 0 aliphatic heterocycles. The highest BCUT2D eigenvalue weighted by Gasteiger charge is 2.12. The molecule has 22 heavy (non-hydrogen) atoms. The molecular weight excluding hydrogens is 280 g/mol. The molecule has 1 aromatic carbocycles. The Balaban J connectivity index is 2.59. The minimum atomic E-state index is -0.446. The minimum absolute atomic E-state index is 0.229. The number of esters is 2. The molecule has 0 spiro atoms. The Morgan fingerprint density at radius 3 is 2.27 bits per heavy atom. The lowest BCUT2D eigenvalue weighted by Crippen LogP contribution is -2.10. The molecule has 120 valence electrons. The van der Waals surface area contributed by atoms with Crippen LogP contribution in [0.3, 0.4) is 0 Å². The smallest absolute Gasteiger partial charge is 0.338 e. The van der Waals surface area contributed by atoms with Crippen molar-refractivity contribution in [3.63, 3.8) is 0 Å². The summed E-state index contributed by atoms with van der Waals surface area (Å²) < 4.78 is 10.3. The van der Waals surface area contributed by atoms with Gasteiger partial charge < -0.3 is 9.47 Å². The summed E-state index contributed by atoms with van der Waals surface area (Å²) in [6.45, 7) is 6.59. The number of rotatable bonds is 8. The molecule has 0 aliphatic rings. The largest absolute Gasteiger partial charge is 0.462 e. The van der Waals surface area contributed by atoms with Gasteiger partial charge in [-0.1, -0.05) is 31.4 Å². The molecule has 0 saturated carbocycles. The summed E-state index contributed by atoms with van der Waals surface area (Å²) in [6, 6.07) is 6.42. The second-order valence-corrected chi connectivity index (χ2v) is 5.30. The Kier molecular flexibility index (Phi) is 7.97. The van der Waals surface area contributed by atoms with E-state index in [1.54, 1.807) is 18.2 Å². The minimum Gasteiger partial charge on any atom is -0.462 e. The number of carbonyl (C=O) groups excluding carboxylic acids is 2. The number of hydrogen-bond donors (Lipinski definition) is 0. The summed E-state index contributed by atoms with van der Waals surface area (Å²) in [5.74, 6) is -0.854. The first kappa shape index (κ1) is 18.0. The number of unbranched alkanes of at least 4 members (excludes halogenated alkanes) is 2. The van der Waals surface area contributed by atoms with Crippen LogP contribution in [0.2, 0.25) is 0 Å². The van der Waals surface area contributed by atoms with E-state index in [0.29, 0.717) is 17.7 Å². The predicted molar refractivity (Wildman–Crippen MR) is 86.0 cm³/mol. The average molecular weight is 304 g/mol. The number of carbonyl (C=O) groups is 2. The molecule has 0 unspecified atom stereocenters. The third-order valence-electron chi connectivity index (χ3n) is 3.02. The van der Waals surface area contributed by atoms with E-state index < -0.39 is 11.9 Å². The third-order valence-corrected chi connectivity index (χ3v) is 3.02. The fourth-order valence-corrected chi connectivity index (χ4v) is 1.74. The van der Waals surface area contributed by atoms with E-state index in [0.717, 1.165) is 24.8 Å². The first-order valence-electron chi connectivity index (χ1n) is 7.62. The molecule has 0 aliphatic carbocycles. The summed E-state index contributed by atoms with van der Waals surface area (Å²) in [5.41, 5.74) is 1.80. The molecule has 0 amide bonds. The van der Waals surface area contributed by atoms with E-state index in [1.807, 2.05) is 19.9 Å². The summed E-state index contributed by atoms with van der Waals surface area (Å²) in [6.07, 6.45) is 4.78. The van der Waals surface area contributed by atoms with Crippen molar-refractivity contribution in [3.8, 4) is 0 Å². The quantitative estimate of drug-likeness (QED) is 0.411. The van der Waals surface area contributed by atoms with Crippen molar-refractivity contribution in [3.05, 3.63) is 47.0 Å². The number of benzene rings is 1. The maximum absolute atomic E-state index is 11.9. The van der Waals surface area contributed by atoms with Crippen LogP contribution in [0.25, 0.3) is 0 Å². The van der Waals surface area contributed by atoms with Gasteiger partial charge in [-0.25, -0.2) is 9.59 Å². The zero-order valence-electron chi connectivity index (χ0n) is 13.6. The molecule has 0 radical (unpaired) electrons. The van der Waals surface area contributed by atoms with Crippen LogP contribution in [0, 0.1) is 0 Å². The molecule has 0 aromatic heterocycles. The van der Waals surface area contributed by atoms with Crippen LogP contribution < -0.4 is 0 Å². The van der Waals surface area contributed by atoms with E-state index in [2.05, 4.69) is 6.92 Å². The normalized spacial score (nSPS) is 9.95. The second-order valence-electron chi connectivity index (χ2n) is 5.30. The van der Waals surface area contributed by atoms with Gasteiger partial charge in [-0.2, -0.15) is 0 Å². The van der Waals surface area contributed by atoms with Gasteiger partial charge in [0.05, 0.1) is 17.7 Å². The summed E-state index contributed by atoms with van der Waals surface area (Å²) in [4.78, 5) is 23.8. The van der Waals surface area contributed by atoms with E-state index >= 15 is 0 Å². The Morgan fingerprint density at radius 1 is 1.05 bits per heavy atom. The van der Waals surface area contributed by atoms with Gasteiger partial charge in [-0.05, 0) is 44.5 Å². The van der Waals surface area contributed by atoms with Crippen molar-refractivity contribution in [2.45, 2.75) is 40.0 Å². The molecule has 1 aromatic rings. The zero-order valence-corrected chi connectivity index (χ0v) is 13.6. The van der Waals surface area contributed by atoms with Gasteiger partial charge in [-0.3, -0.25) is 0 Å². The Labute approximate surface area is 132 Å². The van der Waals surface area contributed by atoms with Crippen LogP contribution in [0.5, 0.6) is 0 Å². The highest BCUT2D eigenvalue weighted by molar-refractivity contribution is 5.95. The van der Waals surface area contributed by atoms with Gasteiger partial charge in [0.1, 0.15) is 6.61 Å². The van der Waals surface area contributed by atoms with E-state index in [9.17, 15) is 9.59 Å². The fraction of sp³-hybridized carbons (Fsp3) is 0.444. The van der Waals surface area contributed by atoms with Crippen molar-refractivity contribution in [2.24, 2.45) is 0 Å². The van der Waals surface area contributed by atoms with Gasteiger partial charge in [-0.15, -0.1) is 0 Å². The molecule has 4 nitrogen and oxygen atoms in total. The van der Waals surface area contributed by atoms with Crippen LogP contribution in [-0.4, -0.2) is 25.2 Å². The molecule has 0 fully saturated rings. The van der Waals surface area contributed by atoms with Crippen molar-refractivity contribution in [1.82, 2.24) is 0 Å². The van der Waals surface area contributed by atoms with Crippen LogP contribution in [-0.2, 0) is 9.47 Å². The highest BCUT2D eigenvalue weighted by Crippen LogP contribution is 2.09. The topological polar surface area (TPSA) is 52.6 Å². The highest BCUT2D eigenvalue weighted by atomic mass is 16.5. The van der Waals surface area contributed by atoms with Crippen molar-refractivity contribution < 1.29 is 19.1 Å². The molecule has 0 N–H and O–H groups in total. The molecule has 0 saturated heterocycles. The standard InChI is InChI=1S/C18H24O4/c1-4-5-6-11-21-17(19)15-8-7-9-16(13-15)18(20)22-12-10-14(2)3/h7-10,13H,4-6,11-12H2,1-3H3. The molecule has 1 rings (SSSR count). The Morgan fingerprint density at radius 2 is 1.68 bits per heavy atom. The molecule has 0 bridgehead atoms. The molecular formula is C18H24O4. The lowest BCUT2D eigenvalue weighted by atomic mass is 10.1. The average Bonchev–Trinajstić information content (AvgIpc) is 2.51. The second kappa shape index (κ2) is 9.77. The van der Waals surface area contributed by atoms with Gasteiger partial charge >= 0.3 is 11.9 Å². The fourth-order valence-electron chi connectivity index (χ4n) is 1.74. The summed E-state index contributed by atoms with van der Waals surface area (Å²) in [5, 5.41) is 0. The summed E-state index contributed by atoms with van der Waals surface area (Å²) in [7, 11) is 0. The lowest BCUT2D eigenvalue weighted by molar-refractivity contribution is 0.0498. The third kappa shape index (κ3) is 6.57. The van der Waals surface area contributed by atoms with E-state index in [4.69, 9.17) is 9.47 Å². The number of allylic oxidation sites excluding steroid dienone is 1. The van der Waals surface area contributed by atoms with Crippen molar-refractivity contribution in [1.29, 1.82) is 0 Å². The van der Waals surface area contributed by atoms with Gasteiger partial charge in [0.25, 0.3) is 0 Å². The van der Waals surface area contributed by atoms with Gasteiger partial charge in [0, 0.05) is 0 Å². The first-order chi connectivity index (χ1) is 10.5. The monoisotopic (exact) mass is 304 g/mol. The van der Waals surface area contributed by atoms with Crippen LogP contribution >= 0.6 is 0 Å². The zero-order chi connectivity index (χ0) is 16.4. The summed E-state index contributed by atoms with van der Waals surface area (Å²) >= 11 is 0. The van der Waals surface area contributed by atoms with Crippen molar-refractivity contribution >= 4 is 11.9 Å². The molecule has 4 heteroatoms. The van der Waals surface area contributed by atoms with Crippen LogP contribution in [0.4, 0.5) is 0 Å². The van der Waals surface area contributed by atoms with E-state index in [1.165, 1.54) is 6.07 Å². The van der Waals surface area contributed by atoms with Gasteiger partial charge in [0.15, 0.2) is 0 Å². The number of ether oxygens (including phenoxy) is 2. The lowest BCUT2D eigenvalue weighted by Gasteiger charge is -2.06. The van der Waals surface area contributed by atoms with Crippen LogP contribution in [0.1, 0.15) is 60.7 Å². The van der Waals surface area contributed by atoms with E-state index in [-0.39, 0.29) is 6.61 Å². The number of hydrogen-bond acceptors (Lipinski definition) is 4. The van der Waals surface area contributed by atoms with Crippen LogP contribution in [0.15, 0.2) is 35.9 Å². The SMILES string of the molecule is CCCCCOC(=O)c1cccc(C(=O)OCC=C(C)C)c1. The predicted octanol–water partition coefficient (Wildman–Crippen LogP) is 4.16. The molecule has 0 atom stereocenters. The Hall–Kier alpha value is -2.10. The van der Waals surface area contributed by atoms with Gasteiger partial charge in [0.2, 0.25) is 0 Å². The maximum atomic E-state index is 11.9. The van der Waals surface area contributed by atoms with Crippen molar-refractivity contribution in [2.75, 3.05) is 13.2 Å². The maximum Gasteiger partial charge on any atom is 0.338 e. The molecule has 0 heterocycles.